The quantitative estimate of drug-likeness (QED) is 0.920. The fraction of sp³-hybridized carbons (Fsp3) is 0.381. The lowest BCUT2D eigenvalue weighted by Crippen LogP contribution is -2.51. The molecule has 0 spiro atoms. The molecule has 0 saturated carbocycles. The maximum absolute atomic E-state index is 12.3. The van der Waals surface area contributed by atoms with Crippen molar-refractivity contribution in [2.24, 2.45) is 0 Å². The van der Waals surface area contributed by atoms with E-state index in [9.17, 15) is 4.79 Å². The molecule has 1 heterocycles. The Morgan fingerprint density at radius 3 is 2.20 bits per heavy atom. The summed E-state index contributed by atoms with van der Waals surface area (Å²) in [6.45, 7) is 8.26. The average molecular weight is 337 g/mol. The van der Waals surface area contributed by atoms with Crippen molar-refractivity contribution >= 4 is 11.7 Å². The Labute approximate surface area is 150 Å². The van der Waals surface area contributed by atoms with Crippen molar-refractivity contribution in [3.8, 4) is 0 Å². The zero-order valence-corrected chi connectivity index (χ0v) is 15.1. The first kappa shape index (κ1) is 17.3. The molecule has 25 heavy (non-hydrogen) atoms. The topological polar surface area (TPSA) is 35.6 Å². The molecular formula is C21H27N3O. The number of anilines is 1. The van der Waals surface area contributed by atoms with Gasteiger partial charge in [-0.3, -0.25) is 0 Å². The third-order valence-corrected chi connectivity index (χ3v) is 4.78. The van der Waals surface area contributed by atoms with Crippen LogP contribution < -0.4 is 10.2 Å². The van der Waals surface area contributed by atoms with Gasteiger partial charge >= 0.3 is 6.03 Å². The molecule has 1 aliphatic rings. The van der Waals surface area contributed by atoms with Crippen molar-refractivity contribution < 1.29 is 4.79 Å². The van der Waals surface area contributed by atoms with E-state index in [0.717, 1.165) is 31.7 Å². The maximum Gasteiger partial charge on any atom is 0.317 e. The highest BCUT2D eigenvalue weighted by molar-refractivity contribution is 5.74. The Balaban J connectivity index is 1.48. The first-order valence-corrected chi connectivity index (χ1v) is 9.05. The van der Waals surface area contributed by atoms with Gasteiger partial charge in [0.1, 0.15) is 0 Å². The predicted octanol–water partition coefficient (Wildman–Crippen LogP) is 3.84. The van der Waals surface area contributed by atoms with E-state index >= 15 is 0 Å². The van der Waals surface area contributed by atoms with Crippen LogP contribution >= 0.6 is 0 Å². The highest BCUT2D eigenvalue weighted by Gasteiger charge is 2.21. The van der Waals surface area contributed by atoms with Gasteiger partial charge in [0.25, 0.3) is 0 Å². The van der Waals surface area contributed by atoms with Crippen molar-refractivity contribution in [1.29, 1.82) is 0 Å². The van der Waals surface area contributed by atoms with E-state index in [1.54, 1.807) is 0 Å². The largest absolute Gasteiger partial charge is 0.368 e. The summed E-state index contributed by atoms with van der Waals surface area (Å²) >= 11 is 0. The zero-order valence-electron chi connectivity index (χ0n) is 15.1. The Bertz CT molecular complexity index is 674. The summed E-state index contributed by atoms with van der Waals surface area (Å²) in [5.41, 5.74) is 3.73. The molecule has 1 fully saturated rings. The fourth-order valence-corrected chi connectivity index (χ4v) is 3.12. The molecule has 0 unspecified atom stereocenters. The van der Waals surface area contributed by atoms with Gasteiger partial charge in [-0.25, -0.2) is 4.79 Å². The van der Waals surface area contributed by atoms with Crippen LogP contribution in [0.15, 0.2) is 54.6 Å². The lowest BCUT2D eigenvalue weighted by molar-refractivity contribution is 0.194. The third kappa shape index (κ3) is 4.53. The van der Waals surface area contributed by atoms with Gasteiger partial charge in [0.05, 0.1) is 0 Å². The van der Waals surface area contributed by atoms with Gasteiger partial charge in [-0.2, -0.15) is 0 Å². The lowest BCUT2D eigenvalue weighted by Gasteiger charge is -2.36. The van der Waals surface area contributed by atoms with Gasteiger partial charge in [-0.1, -0.05) is 56.3 Å². The number of urea groups is 1. The monoisotopic (exact) mass is 337 g/mol. The summed E-state index contributed by atoms with van der Waals surface area (Å²) in [7, 11) is 0. The zero-order chi connectivity index (χ0) is 17.6. The Kier molecular flexibility index (Phi) is 5.59. The standard InChI is InChI=1S/C21H27N3O/c1-17(2)19-8-10-20(11-9-19)23-12-14-24(15-13-23)21(25)22-16-18-6-4-3-5-7-18/h3-11,17H,12-16H2,1-2H3,(H,22,25). The number of amides is 2. The van der Waals surface area contributed by atoms with E-state index < -0.39 is 0 Å². The van der Waals surface area contributed by atoms with E-state index in [4.69, 9.17) is 0 Å². The number of piperazine rings is 1. The number of hydrogen-bond acceptors (Lipinski definition) is 2. The minimum absolute atomic E-state index is 0.0265. The minimum atomic E-state index is 0.0265. The van der Waals surface area contributed by atoms with E-state index in [1.165, 1.54) is 11.3 Å². The van der Waals surface area contributed by atoms with Gasteiger partial charge < -0.3 is 15.1 Å². The van der Waals surface area contributed by atoms with E-state index in [-0.39, 0.29) is 6.03 Å². The van der Waals surface area contributed by atoms with Gasteiger partial charge in [0, 0.05) is 38.4 Å². The van der Waals surface area contributed by atoms with E-state index in [2.05, 4.69) is 48.3 Å². The number of carbonyl (C=O) groups is 1. The van der Waals surface area contributed by atoms with Crippen LogP contribution in [0.1, 0.15) is 30.9 Å². The molecule has 1 N–H and O–H groups in total. The molecule has 0 aromatic heterocycles. The number of nitrogens with one attached hydrogen (secondary N) is 1. The van der Waals surface area contributed by atoms with E-state index in [0.29, 0.717) is 12.5 Å². The average Bonchev–Trinajstić information content (AvgIpc) is 2.67. The summed E-state index contributed by atoms with van der Waals surface area (Å²) in [6, 6.07) is 18.9. The molecule has 2 amide bonds. The summed E-state index contributed by atoms with van der Waals surface area (Å²) in [6.07, 6.45) is 0. The normalized spacial score (nSPS) is 14.7. The number of carbonyl (C=O) groups excluding carboxylic acids is 1. The molecule has 1 aliphatic heterocycles. The SMILES string of the molecule is CC(C)c1ccc(N2CCN(C(=O)NCc3ccccc3)CC2)cc1. The van der Waals surface area contributed by atoms with Crippen LogP contribution in [-0.2, 0) is 6.54 Å². The molecular weight excluding hydrogens is 310 g/mol. The molecule has 3 rings (SSSR count). The minimum Gasteiger partial charge on any atom is -0.368 e. The van der Waals surface area contributed by atoms with Crippen LogP contribution in [0.2, 0.25) is 0 Å². The second-order valence-electron chi connectivity index (χ2n) is 6.86. The molecule has 0 atom stereocenters. The molecule has 2 aromatic carbocycles. The van der Waals surface area contributed by atoms with Crippen molar-refractivity contribution in [2.75, 3.05) is 31.1 Å². The molecule has 2 aromatic rings. The van der Waals surface area contributed by atoms with Crippen LogP contribution in [0, 0.1) is 0 Å². The number of nitrogens with zero attached hydrogens (tertiary/aromatic N) is 2. The number of rotatable bonds is 4. The Morgan fingerprint density at radius 2 is 1.60 bits per heavy atom. The van der Waals surface area contributed by atoms with Crippen LogP contribution in [0.3, 0.4) is 0 Å². The smallest absolute Gasteiger partial charge is 0.317 e. The summed E-state index contributed by atoms with van der Waals surface area (Å²) in [4.78, 5) is 16.6. The molecule has 0 bridgehead atoms. The van der Waals surface area contributed by atoms with Crippen molar-refractivity contribution in [3.05, 3.63) is 65.7 Å². The molecule has 132 valence electrons. The van der Waals surface area contributed by atoms with Crippen LogP contribution in [0.5, 0.6) is 0 Å². The molecule has 1 saturated heterocycles. The summed E-state index contributed by atoms with van der Waals surface area (Å²) < 4.78 is 0. The first-order chi connectivity index (χ1) is 12.1. The van der Waals surface area contributed by atoms with Crippen molar-refractivity contribution in [3.63, 3.8) is 0 Å². The Hall–Kier alpha value is -2.49. The maximum atomic E-state index is 12.3. The molecule has 4 heteroatoms. The van der Waals surface area contributed by atoms with Crippen molar-refractivity contribution in [2.45, 2.75) is 26.3 Å². The van der Waals surface area contributed by atoms with Gasteiger partial charge in [-0.15, -0.1) is 0 Å². The highest BCUT2D eigenvalue weighted by atomic mass is 16.2. The van der Waals surface area contributed by atoms with E-state index in [1.807, 2.05) is 35.2 Å². The number of benzene rings is 2. The van der Waals surface area contributed by atoms with Crippen LogP contribution in [0.4, 0.5) is 10.5 Å². The van der Waals surface area contributed by atoms with Gasteiger partial charge in [-0.05, 0) is 29.2 Å². The predicted molar refractivity (Wildman–Crippen MR) is 103 cm³/mol. The van der Waals surface area contributed by atoms with Crippen LogP contribution in [-0.4, -0.2) is 37.1 Å². The lowest BCUT2D eigenvalue weighted by atomic mass is 10.0. The third-order valence-electron chi connectivity index (χ3n) is 4.78. The fourth-order valence-electron chi connectivity index (χ4n) is 3.12. The summed E-state index contributed by atoms with van der Waals surface area (Å²) in [5, 5.41) is 3.01. The highest BCUT2D eigenvalue weighted by Crippen LogP contribution is 2.21. The number of hydrogen-bond donors (Lipinski definition) is 1. The molecule has 0 aliphatic carbocycles. The molecule has 4 nitrogen and oxygen atoms in total. The van der Waals surface area contributed by atoms with Gasteiger partial charge in [0.15, 0.2) is 0 Å². The Morgan fingerprint density at radius 1 is 0.960 bits per heavy atom. The second kappa shape index (κ2) is 8.06. The van der Waals surface area contributed by atoms with Crippen molar-refractivity contribution in [1.82, 2.24) is 10.2 Å². The molecule has 0 radical (unpaired) electrons. The van der Waals surface area contributed by atoms with Crippen LogP contribution in [0.25, 0.3) is 0 Å². The first-order valence-electron chi connectivity index (χ1n) is 9.05. The summed E-state index contributed by atoms with van der Waals surface area (Å²) in [5.74, 6) is 0.555. The second-order valence-corrected chi connectivity index (χ2v) is 6.86. The van der Waals surface area contributed by atoms with Gasteiger partial charge in [0.2, 0.25) is 0 Å².